The number of hydrogen-bond acceptors (Lipinski definition) is 4. The number of aryl methyl sites for hydroxylation is 1. The van der Waals surface area contributed by atoms with Crippen LogP contribution in [0.25, 0.3) is 11.8 Å². The number of carbonyl (C=O) groups is 2. The molecule has 1 aliphatic rings. The van der Waals surface area contributed by atoms with E-state index in [1.54, 1.807) is 24.3 Å². The molecule has 0 radical (unpaired) electrons. The molecule has 164 valence electrons. The van der Waals surface area contributed by atoms with Gasteiger partial charge in [0.1, 0.15) is 12.4 Å². The molecule has 3 aromatic rings. The molecule has 0 spiro atoms. The maximum absolute atomic E-state index is 12.9. The van der Waals surface area contributed by atoms with E-state index in [1.807, 2.05) is 54.8 Å². The number of carbonyl (C=O) groups excluding carboxylic acids is 2. The largest absolute Gasteiger partial charge is 0.490 e. The molecule has 5 nitrogen and oxygen atoms in total. The maximum atomic E-state index is 12.9. The molecule has 1 saturated heterocycles. The summed E-state index contributed by atoms with van der Waals surface area (Å²) in [6.07, 6.45) is 1.76. The Morgan fingerprint density at radius 1 is 1.00 bits per heavy atom. The molecule has 8 heteroatoms. The molecule has 32 heavy (non-hydrogen) atoms. The first-order valence-corrected chi connectivity index (χ1v) is 11.5. The van der Waals surface area contributed by atoms with Crippen molar-refractivity contribution in [2.24, 2.45) is 0 Å². The van der Waals surface area contributed by atoms with E-state index in [0.29, 0.717) is 20.7 Å². The van der Waals surface area contributed by atoms with Crippen LogP contribution in [-0.2, 0) is 4.79 Å². The minimum Gasteiger partial charge on any atom is -0.490 e. The van der Waals surface area contributed by atoms with E-state index in [9.17, 15) is 9.59 Å². The van der Waals surface area contributed by atoms with Crippen LogP contribution in [0.1, 0.15) is 17.0 Å². The highest BCUT2D eigenvalue weighted by atomic mass is 35.5. The number of thioether (sulfide) groups is 1. The van der Waals surface area contributed by atoms with Crippen LogP contribution >= 0.6 is 35.0 Å². The van der Waals surface area contributed by atoms with Crippen LogP contribution in [0.4, 0.5) is 4.79 Å². The Kier molecular flexibility index (Phi) is 6.65. The molecule has 2 aromatic carbocycles. The van der Waals surface area contributed by atoms with Crippen LogP contribution in [0.2, 0.25) is 10.0 Å². The summed E-state index contributed by atoms with van der Waals surface area (Å²) < 4.78 is 7.66. The SMILES string of the molecule is Cc1cc(/C=C2\SC(=O)N(CCOc3ccccc3Cl)C2=O)c(C)n1-c1ccccc1Cl. The van der Waals surface area contributed by atoms with Crippen molar-refractivity contribution >= 4 is 52.2 Å². The van der Waals surface area contributed by atoms with Gasteiger partial charge in [-0.15, -0.1) is 0 Å². The number of rotatable bonds is 6. The summed E-state index contributed by atoms with van der Waals surface area (Å²) >= 11 is 13.4. The fourth-order valence-corrected chi connectivity index (χ4v) is 4.85. The number of halogens is 2. The van der Waals surface area contributed by atoms with Gasteiger partial charge in [0.2, 0.25) is 0 Å². The summed E-state index contributed by atoms with van der Waals surface area (Å²) in [6.45, 7) is 4.25. The number of ether oxygens (including phenoxy) is 1. The van der Waals surface area contributed by atoms with Gasteiger partial charge < -0.3 is 9.30 Å². The van der Waals surface area contributed by atoms with Gasteiger partial charge in [-0.25, -0.2) is 0 Å². The summed E-state index contributed by atoms with van der Waals surface area (Å²) in [5, 5.41) is 0.805. The van der Waals surface area contributed by atoms with Gasteiger partial charge in [-0.2, -0.15) is 0 Å². The summed E-state index contributed by atoms with van der Waals surface area (Å²) in [4.78, 5) is 26.9. The highest BCUT2D eigenvalue weighted by Crippen LogP contribution is 2.34. The van der Waals surface area contributed by atoms with Crippen LogP contribution in [-0.4, -0.2) is 33.8 Å². The molecule has 0 N–H and O–H groups in total. The average molecular weight is 487 g/mol. The van der Waals surface area contributed by atoms with Crippen molar-refractivity contribution in [2.45, 2.75) is 13.8 Å². The van der Waals surface area contributed by atoms with Gasteiger partial charge in [0.25, 0.3) is 11.1 Å². The molecule has 4 rings (SSSR count). The van der Waals surface area contributed by atoms with E-state index in [0.717, 1.165) is 34.4 Å². The van der Waals surface area contributed by atoms with Crippen molar-refractivity contribution in [1.29, 1.82) is 0 Å². The van der Waals surface area contributed by atoms with Gasteiger partial charge in [-0.1, -0.05) is 47.5 Å². The van der Waals surface area contributed by atoms with Crippen LogP contribution < -0.4 is 4.74 Å². The fraction of sp³-hybridized carbons (Fsp3) is 0.167. The minimum atomic E-state index is -0.328. The van der Waals surface area contributed by atoms with Gasteiger partial charge in [0.05, 0.1) is 27.2 Å². The molecule has 1 aliphatic heterocycles. The quantitative estimate of drug-likeness (QED) is 0.372. The molecule has 0 unspecified atom stereocenters. The number of benzene rings is 2. The Balaban J connectivity index is 1.51. The Morgan fingerprint density at radius 2 is 1.69 bits per heavy atom. The topological polar surface area (TPSA) is 51.5 Å². The highest BCUT2D eigenvalue weighted by Gasteiger charge is 2.35. The lowest BCUT2D eigenvalue weighted by Crippen LogP contribution is -2.32. The number of para-hydroxylation sites is 2. The van der Waals surface area contributed by atoms with E-state index in [-0.39, 0.29) is 24.3 Å². The summed E-state index contributed by atoms with van der Waals surface area (Å²) in [6, 6.07) is 16.6. The number of nitrogens with zero attached hydrogens (tertiary/aromatic N) is 2. The van der Waals surface area contributed by atoms with Crippen molar-refractivity contribution in [1.82, 2.24) is 9.47 Å². The first-order chi connectivity index (χ1) is 15.4. The number of hydrogen-bond donors (Lipinski definition) is 0. The summed E-state index contributed by atoms with van der Waals surface area (Å²) in [5.74, 6) is 0.189. The van der Waals surface area contributed by atoms with Crippen LogP contribution in [0, 0.1) is 13.8 Å². The minimum absolute atomic E-state index is 0.145. The van der Waals surface area contributed by atoms with Gasteiger partial charge in [0, 0.05) is 11.4 Å². The van der Waals surface area contributed by atoms with Crippen LogP contribution in [0.5, 0.6) is 5.75 Å². The van der Waals surface area contributed by atoms with E-state index in [2.05, 4.69) is 0 Å². The average Bonchev–Trinajstić information content (AvgIpc) is 3.19. The van der Waals surface area contributed by atoms with Crippen molar-refractivity contribution in [3.63, 3.8) is 0 Å². The predicted molar refractivity (Wildman–Crippen MR) is 130 cm³/mol. The molecule has 0 atom stereocenters. The van der Waals surface area contributed by atoms with Gasteiger partial charge in [0.15, 0.2) is 0 Å². The van der Waals surface area contributed by atoms with Crippen molar-refractivity contribution < 1.29 is 14.3 Å². The molecule has 2 heterocycles. The van der Waals surface area contributed by atoms with Crippen molar-refractivity contribution in [2.75, 3.05) is 13.2 Å². The Morgan fingerprint density at radius 3 is 2.41 bits per heavy atom. The molecule has 0 saturated carbocycles. The lowest BCUT2D eigenvalue weighted by atomic mass is 10.2. The van der Waals surface area contributed by atoms with Crippen LogP contribution in [0.15, 0.2) is 59.5 Å². The summed E-state index contributed by atoms with van der Waals surface area (Å²) in [7, 11) is 0. The van der Waals surface area contributed by atoms with E-state index in [4.69, 9.17) is 27.9 Å². The highest BCUT2D eigenvalue weighted by molar-refractivity contribution is 8.18. The normalized spacial score (nSPS) is 15.1. The lowest BCUT2D eigenvalue weighted by Gasteiger charge is -2.13. The molecule has 0 aliphatic carbocycles. The van der Waals surface area contributed by atoms with E-state index >= 15 is 0 Å². The second kappa shape index (κ2) is 9.45. The first-order valence-electron chi connectivity index (χ1n) is 9.93. The first kappa shape index (κ1) is 22.5. The monoisotopic (exact) mass is 486 g/mol. The molecule has 0 bridgehead atoms. The van der Waals surface area contributed by atoms with Gasteiger partial charge in [-0.3, -0.25) is 14.5 Å². The molecule has 1 fully saturated rings. The zero-order valence-electron chi connectivity index (χ0n) is 17.5. The second-order valence-electron chi connectivity index (χ2n) is 7.23. The fourth-order valence-electron chi connectivity index (χ4n) is 3.58. The Labute approximate surface area is 200 Å². The zero-order chi connectivity index (χ0) is 22.8. The smallest absolute Gasteiger partial charge is 0.293 e. The zero-order valence-corrected chi connectivity index (χ0v) is 19.8. The van der Waals surface area contributed by atoms with Crippen LogP contribution in [0.3, 0.4) is 0 Å². The lowest BCUT2D eigenvalue weighted by molar-refractivity contribution is -0.123. The Bertz CT molecular complexity index is 1240. The number of amides is 2. The molecular weight excluding hydrogens is 467 g/mol. The van der Waals surface area contributed by atoms with Gasteiger partial charge >= 0.3 is 0 Å². The summed E-state index contributed by atoms with van der Waals surface area (Å²) in [5.41, 5.74) is 3.65. The van der Waals surface area contributed by atoms with Crippen molar-refractivity contribution in [3.05, 3.63) is 86.5 Å². The van der Waals surface area contributed by atoms with E-state index in [1.165, 1.54) is 4.90 Å². The van der Waals surface area contributed by atoms with E-state index < -0.39 is 0 Å². The third-order valence-corrected chi connectivity index (χ3v) is 6.67. The molecule has 1 aromatic heterocycles. The third-order valence-electron chi connectivity index (χ3n) is 5.13. The predicted octanol–water partition coefficient (Wildman–Crippen LogP) is 6.52. The van der Waals surface area contributed by atoms with Gasteiger partial charge in [-0.05, 0) is 67.6 Å². The molecular formula is C24H20Cl2N2O3S. The maximum Gasteiger partial charge on any atom is 0.293 e. The second-order valence-corrected chi connectivity index (χ2v) is 9.03. The Hall–Kier alpha value is -2.67. The standard InChI is InChI=1S/C24H20Cl2N2O3S/c1-15-13-17(16(2)28(15)20-9-5-3-7-18(20)25)14-22-23(29)27(24(30)32-22)11-12-31-21-10-6-4-8-19(21)26/h3-10,13-14H,11-12H2,1-2H3/b22-14-. The van der Waals surface area contributed by atoms with Crippen molar-refractivity contribution in [3.8, 4) is 11.4 Å². The number of imide groups is 1. The third kappa shape index (κ3) is 4.44. The number of aromatic nitrogens is 1. The molecule has 2 amide bonds.